The summed E-state index contributed by atoms with van der Waals surface area (Å²) in [6.07, 6.45) is 6.09. The second-order valence-electron chi connectivity index (χ2n) is 6.70. The zero-order chi connectivity index (χ0) is 17.8. The molecule has 1 amide bonds. The van der Waals surface area contributed by atoms with Gasteiger partial charge in [0.1, 0.15) is 17.5 Å². The molecule has 7 heteroatoms. The van der Waals surface area contributed by atoms with Gasteiger partial charge in [-0.1, -0.05) is 18.2 Å². The Hall–Kier alpha value is -2.51. The maximum absolute atomic E-state index is 12.7. The molecular weight excluding hydrogens is 330 g/mol. The van der Waals surface area contributed by atoms with Crippen LogP contribution in [0.3, 0.4) is 0 Å². The Morgan fingerprint density at radius 2 is 2.00 bits per heavy atom. The van der Waals surface area contributed by atoms with Crippen LogP contribution in [-0.4, -0.2) is 46.5 Å². The van der Waals surface area contributed by atoms with Crippen molar-refractivity contribution < 1.29 is 9.53 Å². The predicted molar refractivity (Wildman–Crippen MR) is 96.6 cm³/mol. The molecule has 2 N–H and O–H groups in total. The van der Waals surface area contributed by atoms with E-state index in [1.54, 1.807) is 12.4 Å². The van der Waals surface area contributed by atoms with E-state index in [2.05, 4.69) is 20.8 Å². The maximum atomic E-state index is 12.7. The van der Waals surface area contributed by atoms with Gasteiger partial charge in [-0.2, -0.15) is 0 Å². The lowest BCUT2D eigenvalue weighted by atomic mass is 9.94. The summed E-state index contributed by atoms with van der Waals surface area (Å²) in [6.45, 7) is 2.27. The summed E-state index contributed by atoms with van der Waals surface area (Å²) in [5.74, 6) is 1.56. The van der Waals surface area contributed by atoms with Crippen molar-refractivity contribution in [2.75, 3.05) is 19.6 Å². The zero-order valence-corrected chi connectivity index (χ0v) is 14.6. The fourth-order valence-electron chi connectivity index (χ4n) is 3.59. The Balaban J connectivity index is 1.50. The number of carbonyl (C=O) groups excluding carboxylic acids is 1. The van der Waals surface area contributed by atoms with E-state index >= 15 is 0 Å². The summed E-state index contributed by atoms with van der Waals surface area (Å²) in [7, 11) is 0. The van der Waals surface area contributed by atoms with Gasteiger partial charge >= 0.3 is 0 Å². The van der Waals surface area contributed by atoms with E-state index in [1.165, 1.54) is 0 Å². The topological polar surface area (TPSA) is 79.4 Å². The number of hydrogen-bond donors (Lipinski definition) is 2. The van der Waals surface area contributed by atoms with E-state index in [4.69, 9.17) is 4.74 Å². The molecule has 0 bridgehead atoms. The molecule has 2 fully saturated rings. The molecule has 4 rings (SSSR count). The standard InChI is InChI=1S/C19H23N5O2/c25-19(16-8-9-22-23-16)24-12-4-5-14(13-24)17-18(21-11-10-20-17)26-15-6-2-1-3-7-15/h1-3,6-7,10-11,14,16,22-23H,4-5,8-9,12-13H2. The number of nitrogens with zero attached hydrogens (tertiary/aromatic N) is 3. The number of hydrazine groups is 1. The second kappa shape index (κ2) is 7.80. The number of nitrogens with one attached hydrogen (secondary N) is 2. The van der Waals surface area contributed by atoms with Crippen molar-refractivity contribution in [3.05, 3.63) is 48.4 Å². The van der Waals surface area contributed by atoms with Crippen molar-refractivity contribution in [3.63, 3.8) is 0 Å². The largest absolute Gasteiger partial charge is 0.437 e. The Bertz CT molecular complexity index is 749. The number of para-hydroxylation sites is 1. The van der Waals surface area contributed by atoms with Crippen LogP contribution >= 0.6 is 0 Å². The normalized spacial score (nSPS) is 23.0. The molecule has 0 saturated carbocycles. The third-order valence-electron chi connectivity index (χ3n) is 4.90. The molecule has 26 heavy (non-hydrogen) atoms. The zero-order valence-electron chi connectivity index (χ0n) is 14.6. The maximum Gasteiger partial charge on any atom is 0.241 e. The number of benzene rings is 1. The van der Waals surface area contributed by atoms with Crippen LogP contribution in [0.2, 0.25) is 0 Å². The highest BCUT2D eigenvalue weighted by atomic mass is 16.5. The van der Waals surface area contributed by atoms with Crippen LogP contribution in [0.15, 0.2) is 42.7 Å². The minimum atomic E-state index is -0.129. The van der Waals surface area contributed by atoms with E-state index in [0.29, 0.717) is 12.4 Å². The van der Waals surface area contributed by atoms with Crippen LogP contribution < -0.4 is 15.6 Å². The van der Waals surface area contributed by atoms with Crippen molar-refractivity contribution >= 4 is 5.91 Å². The number of ether oxygens (including phenoxy) is 1. The van der Waals surface area contributed by atoms with Gasteiger partial charge in [0, 0.05) is 37.9 Å². The summed E-state index contributed by atoms with van der Waals surface area (Å²) >= 11 is 0. The smallest absolute Gasteiger partial charge is 0.241 e. The summed E-state index contributed by atoms with van der Waals surface area (Å²) < 4.78 is 5.96. The van der Waals surface area contributed by atoms with Gasteiger partial charge in [0.25, 0.3) is 0 Å². The second-order valence-corrected chi connectivity index (χ2v) is 6.70. The predicted octanol–water partition coefficient (Wildman–Crippen LogP) is 1.84. The van der Waals surface area contributed by atoms with Crippen LogP contribution in [0.25, 0.3) is 0 Å². The SMILES string of the molecule is O=C(C1CCNN1)N1CCCC(c2nccnc2Oc2ccccc2)C1. The van der Waals surface area contributed by atoms with Gasteiger partial charge in [-0.05, 0) is 31.4 Å². The van der Waals surface area contributed by atoms with Crippen molar-refractivity contribution in [1.29, 1.82) is 0 Å². The molecule has 1 aromatic heterocycles. The number of carbonyl (C=O) groups is 1. The summed E-state index contributed by atoms with van der Waals surface area (Å²) in [4.78, 5) is 23.6. The number of aromatic nitrogens is 2. The quantitative estimate of drug-likeness (QED) is 0.873. The molecule has 2 aliphatic heterocycles. The minimum Gasteiger partial charge on any atom is -0.437 e. The van der Waals surface area contributed by atoms with E-state index in [-0.39, 0.29) is 17.9 Å². The molecule has 0 spiro atoms. The molecule has 136 valence electrons. The van der Waals surface area contributed by atoms with Crippen LogP contribution in [-0.2, 0) is 4.79 Å². The number of hydrogen-bond acceptors (Lipinski definition) is 6. The van der Waals surface area contributed by atoms with E-state index in [9.17, 15) is 4.79 Å². The first kappa shape index (κ1) is 16.9. The highest BCUT2D eigenvalue weighted by Crippen LogP contribution is 2.32. The number of likely N-dealkylation sites (tertiary alicyclic amines) is 1. The first-order chi connectivity index (χ1) is 12.8. The lowest BCUT2D eigenvalue weighted by molar-refractivity contribution is -0.134. The highest BCUT2D eigenvalue weighted by Gasteiger charge is 2.32. The molecule has 0 aliphatic carbocycles. The van der Waals surface area contributed by atoms with E-state index in [0.717, 1.165) is 43.8 Å². The van der Waals surface area contributed by atoms with Gasteiger partial charge in [-0.25, -0.2) is 10.4 Å². The lowest BCUT2D eigenvalue weighted by Crippen LogP contribution is -2.48. The Morgan fingerprint density at radius 1 is 1.15 bits per heavy atom. The van der Waals surface area contributed by atoms with Crippen LogP contribution in [0, 0.1) is 0 Å². The first-order valence-electron chi connectivity index (χ1n) is 9.12. The van der Waals surface area contributed by atoms with Gasteiger partial charge in [0.15, 0.2) is 0 Å². The number of piperidine rings is 1. The van der Waals surface area contributed by atoms with Crippen LogP contribution in [0.5, 0.6) is 11.6 Å². The van der Waals surface area contributed by atoms with Gasteiger partial charge in [-0.3, -0.25) is 15.2 Å². The molecule has 0 radical (unpaired) electrons. The average molecular weight is 353 g/mol. The lowest BCUT2D eigenvalue weighted by Gasteiger charge is -2.34. The molecule has 2 aromatic rings. The van der Waals surface area contributed by atoms with Crippen molar-refractivity contribution in [2.24, 2.45) is 0 Å². The van der Waals surface area contributed by atoms with E-state index in [1.807, 2.05) is 35.2 Å². The summed E-state index contributed by atoms with van der Waals surface area (Å²) in [5, 5.41) is 0. The van der Waals surface area contributed by atoms with Crippen LogP contribution in [0.1, 0.15) is 30.9 Å². The summed E-state index contributed by atoms with van der Waals surface area (Å²) in [5.41, 5.74) is 6.92. The molecule has 2 saturated heterocycles. The third kappa shape index (κ3) is 3.68. The van der Waals surface area contributed by atoms with Crippen molar-refractivity contribution in [2.45, 2.75) is 31.2 Å². The molecule has 3 heterocycles. The molecule has 2 unspecified atom stereocenters. The Morgan fingerprint density at radius 3 is 2.81 bits per heavy atom. The van der Waals surface area contributed by atoms with E-state index < -0.39 is 0 Å². The Labute approximate surface area is 152 Å². The number of amides is 1. The highest BCUT2D eigenvalue weighted by molar-refractivity contribution is 5.82. The van der Waals surface area contributed by atoms with Gasteiger partial charge < -0.3 is 9.64 Å². The number of rotatable bonds is 4. The fourth-order valence-corrected chi connectivity index (χ4v) is 3.59. The van der Waals surface area contributed by atoms with Crippen molar-refractivity contribution in [3.8, 4) is 11.6 Å². The summed E-state index contributed by atoms with van der Waals surface area (Å²) in [6, 6.07) is 9.46. The van der Waals surface area contributed by atoms with Gasteiger partial charge in [0.05, 0.1) is 0 Å². The molecule has 1 aromatic carbocycles. The van der Waals surface area contributed by atoms with Crippen LogP contribution in [0.4, 0.5) is 0 Å². The van der Waals surface area contributed by atoms with Gasteiger partial charge in [-0.15, -0.1) is 0 Å². The first-order valence-corrected chi connectivity index (χ1v) is 9.12. The molecule has 2 aliphatic rings. The minimum absolute atomic E-state index is 0.129. The Kier molecular flexibility index (Phi) is 5.08. The average Bonchev–Trinajstić information content (AvgIpc) is 3.24. The molecule has 2 atom stereocenters. The molecule has 7 nitrogen and oxygen atoms in total. The molecular formula is C19H23N5O2. The third-order valence-corrected chi connectivity index (χ3v) is 4.90. The monoisotopic (exact) mass is 353 g/mol. The fraction of sp³-hybridized carbons (Fsp3) is 0.421. The van der Waals surface area contributed by atoms with Crippen molar-refractivity contribution in [1.82, 2.24) is 25.7 Å². The van der Waals surface area contributed by atoms with Gasteiger partial charge in [0.2, 0.25) is 11.8 Å².